The van der Waals surface area contributed by atoms with Gasteiger partial charge >= 0.3 is 0 Å². The van der Waals surface area contributed by atoms with Gasteiger partial charge in [0.05, 0.1) is 6.20 Å². The second-order valence-electron chi connectivity index (χ2n) is 5.11. The van der Waals surface area contributed by atoms with E-state index >= 15 is 0 Å². The molecule has 0 aliphatic rings. The molecule has 0 saturated heterocycles. The van der Waals surface area contributed by atoms with Gasteiger partial charge < -0.3 is 4.98 Å². The van der Waals surface area contributed by atoms with Crippen LogP contribution in [0.4, 0.5) is 0 Å². The average molecular weight is 328 g/mol. The number of aryl methyl sites for hydroxylation is 1. The van der Waals surface area contributed by atoms with E-state index in [1.807, 2.05) is 26.0 Å². The second-order valence-corrected chi connectivity index (χ2v) is 7.40. The Kier molecular flexibility index (Phi) is 4.70. The molecular formula is C14H18ClN3O2S. The molecule has 2 aromatic rings. The first kappa shape index (κ1) is 16.0. The number of hydrogen-bond donors (Lipinski definition) is 1. The Balaban J connectivity index is 2.35. The van der Waals surface area contributed by atoms with Crippen LogP contribution >= 0.6 is 11.6 Å². The van der Waals surface area contributed by atoms with Crippen LogP contribution in [0.15, 0.2) is 35.5 Å². The minimum Gasteiger partial charge on any atom is -0.332 e. The highest BCUT2D eigenvalue weighted by Gasteiger charge is 2.28. The number of H-pyrrole nitrogens is 1. The summed E-state index contributed by atoms with van der Waals surface area (Å²) in [6.45, 7) is 5.66. The molecule has 1 aromatic carbocycles. The first-order chi connectivity index (χ1) is 9.80. The lowest BCUT2D eigenvalue weighted by atomic mass is 10.2. The Morgan fingerprint density at radius 2 is 2.10 bits per heavy atom. The van der Waals surface area contributed by atoms with Crippen LogP contribution in [0, 0.1) is 6.92 Å². The van der Waals surface area contributed by atoms with E-state index < -0.39 is 10.0 Å². The summed E-state index contributed by atoms with van der Waals surface area (Å²) in [5.41, 5.74) is 0.844. The van der Waals surface area contributed by atoms with E-state index in [0.29, 0.717) is 10.8 Å². The predicted octanol–water partition coefficient (Wildman–Crippen LogP) is 2.97. The lowest BCUT2D eigenvalue weighted by Crippen LogP contribution is -2.36. The summed E-state index contributed by atoms with van der Waals surface area (Å²) >= 11 is 5.96. The van der Waals surface area contributed by atoms with Crippen molar-refractivity contribution in [3.63, 3.8) is 0 Å². The van der Waals surface area contributed by atoms with Crippen LogP contribution in [0.3, 0.4) is 0 Å². The average Bonchev–Trinajstić information content (AvgIpc) is 2.83. The summed E-state index contributed by atoms with van der Waals surface area (Å²) in [7, 11) is -3.62. The van der Waals surface area contributed by atoms with Gasteiger partial charge in [0.2, 0.25) is 0 Å². The fourth-order valence-corrected chi connectivity index (χ4v) is 3.82. The van der Waals surface area contributed by atoms with Crippen molar-refractivity contribution < 1.29 is 8.42 Å². The molecule has 0 aliphatic heterocycles. The summed E-state index contributed by atoms with van der Waals surface area (Å²) in [5, 5.41) is 0.696. The summed E-state index contributed by atoms with van der Waals surface area (Å²) in [4.78, 5) is 6.75. The zero-order chi connectivity index (χ0) is 15.6. The first-order valence-corrected chi connectivity index (χ1v) is 8.40. The molecule has 0 bridgehead atoms. The molecule has 2 rings (SSSR count). The van der Waals surface area contributed by atoms with E-state index in [1.54, 1.807) is 19.1 Å². The van der Waals surface area contributed by atoms with Crippen molar-refractivity contribution in [2.24, 2.45) is 0 Å². The summed E-state index contributed by atoms with van der Waals surface area (Å²) in [5.74, 6) is 0.569. The highest BCUT2D eigenvalue weighted by atomic mass is 35.5. The van der Waals surface area contributed by atoms with Crippen molar-refractivity contribution in [2.45, 2.75) is 38.4 Å². The summed E-state index contributed by atoms with van der Waals surface area (Å²) < 4.78 is 26.8. The molecule has 0 radical (unpaired) electrons. The maximum atomic E-state index is 12.7. The minimum atomic E-state index is -3.62. The fraction of sp³-hybridized carbons (Fsp3) is 0.357. The molecule has 21 heavy (non-hydrogen) atoms. The van der Waals surface area contributed by atoms with E-state index in [0.717, 1.165) is 5.56 Å². The number of hydrogen-bond acceptors (Lipinski definition) is 3. The molecular weight excluding hydrogens is 310 g/mol. The molecule has 0 amide bonds. The number of benzene rings is 1. The molecule has 0 unspecified atom stereocenters. The number of nitrogens with one attached hydrogen (secondary N) is 1. The van der Waals surface area contributed by atoms with Gasteiger partial charge in [0.25, 0.3) is 10.0 Å². The van der Waals surface area contributed by atoms with Crippen molar-refractivity contribution in [1.82, 2.24) is 14.3 Å². The van der Waals surface area contributed by atoms with E-state index in [4.69, 9.17) is 11.6 Å². The van der Waals surface area contributed by atoms with Gasteiger partial charge in [0.15, 0.2) is 5.03 Å². The minimum absolute atomic E-state index is 0.107. The maximum Gasteiger partial charge on any atom is 0.260 e. The van der Waals surface area contributed by atoms with Crippen molar-refractivity contribution >= 4 is 21.6 Å². The van der Waals surface area contributed by atoms with Crippen LogP contribution in [0.25, 0.3) is 0 Å². The normalized spacial score (nSPS) is 12.3. The third-order valence-electron chi connectivity index (χ3n) is 3.07. The second kappa shape index (κ2) is 6.17. The Morgan fingerprint density at radius 3 is 2.62 bits per heavy atom. The standard InChI is InChI=1S/C14H18ClN3O2S/c1-10(2)18(9-12-5-4-6-13(15)7-12)21(19,20)14-8-16-11(3)17-14/h4-8,10H,9H2,1-3H3,(H,16,17). The summed E-state index contributed by atoms with van der Waals surface area (Å²) in [6, 6.07) is 7.01. The van der Waals surface area contributed by atoms with Crippen molar-refractivity contribution in [2.75, 3.05) is 0 Å². The highest BCUT2D eigenvalue weighted by molar-refractivity contribution is 7.89. The first-order valence-electron chi connectivity index (χ1n) is 6.58. The fourth-order valence-electron chi connectivity index (χ4n) is 2.02. The quantitative estimate of drug-likeness (QED) is 0.918. The molecule has 0 fully saturated rings. The third-order valence-corrected chi connectivity index (χ3v) is 5.24. The zero-order valence-corrected chi connectivity index (χ0v) is 13.7. The Labute approximate surface area is 130 Å². The van der Waals surface area contributed by atoms with Gasteiger partial charge in [0.1, 0.15) is 5.82 Å². The smallest absolute Gasteiger partial charge is 0.260 e. The number of halogens is 1. The number of rotatable bonds is 5. The summed E-state index contributed by atoms with van der Waals surface area (Å²) in [6.07, 6.45) is 1.35. The maximum absolute atomic E-state index is 12.7. The molecule has 1 N–H and O–H groups in total. The Bertz CT molecular complexity index is 725. The van der Waals surface area contributed by atoms with Crippen LogP contribution in [0.5, 0.6) is 0 Å². The Morgan fingerprint density at radius 1 is 1.38 bits per heavy atom. The van der Waals surface area contributed by atoms with E-state index in [9.17, 15) is 8.42 Å². The monoisotopic (exact) mass is 327 g/mol. The van der Waals surface area contributed by atoms with Gasteiger partial charge in [-0.2, -0.15) is 4.31 Å². The number of nitrogens with zero attached hydrogens (tertiary/aromatic N) is 2. The van der Waals surface area contributed by atoms with Crippen molar-refractivity contribution in [3.8, 4) is 0 Å². The van der Waals surface area contributed by atoms with Gasteiger partial charge in [-0.25, -0.2) is 13.4 Å². The molecule has 1 heterocycles. The number of sulfonamides is 1. The van der Waals surface area contributed by atoms with Crippen LogP contribution in [-0.4, -0.2) is 28.7 Å². The van der Waals surface area contributed by atoms with Crippen LogP contribution in [-0.2, 0) is 16.6 Å². The van der Waals surface area contributed by atoms with E-state index in [-0.39, 0.29) is 17.6 Å². The molecule has 5 nitrogen and oxygen atoms in total. The predicted molar refractivity (Wildman–Crippen MR) is 82.6 cm³/mol. The van der Waals surface area contributed by atoms with Gasteiger partial charge in [-0.15, -0.1) is 0 Å². The molecule has 0 saturated carbocycles. The molecule has 1 aromatic heterocycles. The molecule has 7 heteroatoms. The van der Waals surface area contributed by atoms with Crippen LogP contribution < -0.4 is 0 Å². The lowest BCUT2D eigenvalue weighted by molar-refractivity contribution is 0.347. The largest absolute Gasteiger partial charge is 0.332 e. The van der Waals surface area contributed by atoms with Crippen LogP contribution in [0.2, 0.25) is 5.02 Å². The number of aromatic amines is 1. The van der Waals surface area contributed by atoms with Crippen molar-refractivity contribution in [3.05, 3.63) is 46.9 Å². The zero-order valence-electron chi connectivity index (χ0n) is 12.2. The lowest BCUT2D eigenvalue weighted by Gasteiger charge is -2.25. The topological polar surface area (TPSA) is 66.1 Å². The highest BCUT2D eigenvalue weighted by Crippen LogP contribution is 2.21. The number of imidazole rings is 1. The molecule has 0 aliphatic carbocycles. The molecule has 0 atom stereocenters. The van der Waals surface area contributed by atoms with Crippen LogP contribution in [0.1, 0.15) is 25.2 Å². The van der Waals surface area contributed by atoms with Crippen molar-refractivity contribution in [1.29, 1.82) is 0 Å². The van der Waals surface area contributed by atoms with Gasteiger partial charge in [-0.05, 0) is 38.5 Å². The van der Waals surface area contributed by atoms with Gasteiger partial charge in [-0.1, -0.05) is 23.7 Å². The van der Waals surface area contributed by atoms with E-state index in [1.165, 1.54) is 10.5 Å². The van der Waals surface area contributed by atoms with Gasteiger partial charge in [-0.3, -0.25) is 0 Å². The molecule has 0 spiro atoms. The van der Waals surface area contributed by atoms with E-state index in [2.05, 4.69) is 9.97 Å². The number of aromatic nitrogens is 2. The Hall–Kier alpha value is -1.37. The molecule has 114 valence electrons. The SMILES string of the molecule is Cc1ncc(S(=O)(=O)N(Cc2cccc(Cl)c2)C(C)C)[nH]1. The van der Waals surface area contributed by atoms with Gasteiger partial charge in [0, 0.05) is 17.6 Å². The third kappa shape index (κ3) is 3.64.